The van der Waals surface area contributed by atoms with Crippen LogP contribution in [-0.2, 0) is 6.18 Å². The number of benzene rings is 2. The molecule has 0 aliphatic heterocycles. The number of aldehydes is 1. The number of nitrogens with zero attached hydrogens (tertiary/aromatic N) is 1. The van der Waals surface area contributed by atoms with Crippen molar-refractivity contribution < 1.29 is 32.4 Å². The van der Waals surface area contributed by atoms with Crippen LogP contribution in [0.2, 0.25) is 0 Å². The number of rotatable bonds is 5. The molecule has 2 rings (SSSR count). The van der Waals surface area contributed by atoms with E-state index in [9.17, 15) is 28.1 Å². The van der Waals surface area contributed by atoms with Gasteiger partial charge in [0.2, 0.25) is 5.75 Å². The summed E-state index contributed by atoms with van der Waals surface area (Å²) in [5.74, 6) is -0.466. The van der Waals surface area contributed by atoms with E-state index in [1.54, 1.807) is 0 Å². The van der Waals surface area contributed by atoms with E-state index in [0.717, 1.165) is 6.07 Å². The summed E-state index contributed by atoms with van der Waals surface area (Å²) in [6, 6.07) is 6.15. The Morgan fingerprint density at radius 2 is 1.88 bits per heavy atom. The number of alkyl halides is 3. The van der Waals surface area contributed by atoms with Crippen molar-refractivity contribution in [3.05, 3.63) is 57.6 Å². The highest BCUT2D eigenvalue weighted by atomic mass is 19.4. The number of hydrogen-bond donors (Lipinski definition) is 0. The van der Waals surface area contributed by atoms with Crippen LogP contribution in [0.3, 0.4) is 0 Å². The minimum Gasteiger partial charge on any atom is -0.493 e. The van der Waals surface area contributed by atoms with Gasteiger partial charge in [0.1, 0.15) is 0 Å². The number of methoxy groups -OCH3 is 1. The number of carbonyl (C=O) groups excluding carboxylic acids is 1. The molecule has 6 nitrogen and oxygen atoms in total. The van der Waals surface area contributed by atoms with E-state index in [-0.39, 0.29) is 17.1 Å². The van der Waals surface area contributed by atoms with Crippen molar-refractivity contribution in [1.82, 2.24) is 0 Å². The fraction of sp³-hybridized carbons (Fsp3) is 0.133. The molecule has 0 aromatic heterocycles. The second-order valence-electron chi connectivity index (χ2n) is 4.54. The van der Waals surface area contributed by atoms with E-state index in [0.29, 0.717) is 18.4 Å². The minimum atomic E-state index is -4.73. The van der Waals surface area contributed by atoms with Crippen molar-refractivity contribution in [2.24, 2.45) is 0 Å². The lowest BCUT2D eigenvalue weighted by Crippen LogP contribution is -2.06. The first-order chi connectivity index (χ1) is 11.3. The van der Waals surface area contributed by atoms with Gasteiger partial charge in [-0.15, -0.1) is 0 Å². The third-order valence-electron chi connectivity index (χ3n) is 3.05. The Bertz CT molecular complexity index is 789. The van der Waals surface area contributed by atoms with Crippen molar-refractivity contribution in [3.8, 4) is 17.2 Å². The highest BCUT2D eigenvalue weighted by molar-refractivity contribution is 5.81. The SMILES string of the molecule is COc1cccc(C=O)c1Oc1ccc(C(F)(F)F)cc1[N+](=O)[O-]. The number of para-hydroxylation sites is 1. The molecule has 0 aliphatic carbocycles. The molecule has 0 aliphatic rings. The van der Waals surface area contributed by atoms with E-state index >= 15 is 0 Å². The number of carbonyl (C=O) groups is 1. The molecular weight excluding hydrogens is 331 g/mol. The van der Waals surface area contributed by atoms with Crippen molar-refractivity contribution in [2.45, 2.75) is 6.18 Å². The van der Waals surface area contributed by atoms with Crippen molar-refractivity contribution in [3.63, 3.8) is 0 Å². The first kappa shape index (κ1) is 17.3. The van der Waals surface area contributed by atoms with Gasteiger partial charge in [0.15, 0.2) is 17.8 Å². The number of hydrogen-bond acceptors (Lipinski definition) is 5. The molecule has 0 fully saturated rings. The number of nitro groups is 1. The van der Waals surface area contributed by atoms with Gasteiger partial charge >= 0.3 is 11.9 Å². The summed E-state index contributed by atoms with van der Waals surface area (Å²) >= 11 is 0. The number of ether oxygens (including phenoxy) is 2. The molecule has 9 heteroatoms. The van der Waals surface area contributed by atoms with Gasteiger partial charge in [-0.05, 0) is 24.3 Å². The Morgan fingerprint density at radius 1 is 1.17 bits per heavy atom. The van der Waals surface area contributed by atoms with Gasteiger partial charge in [-0.3, -0.25) is 14.9 Å². The quantitative estimate of drug-likeness (QED) is 0.462. The summed E-state index contributed by atoms with van der Waals surface area (Å²) in [6.45, 7) is 0. The van der Waals surface area contributed by atoms with Gasteiger partial charge in [0, 0.05) is 6.07 Å². The van der Waals surface area contributed by atoms with Crippen LogP contribution in [0.5, 0.6) is 17.2 Å². The van der Waals surface area contributed by atoms with Crippen molar-refractivity contribution in [2.75, 3.05) is 7.11 Å². The van der Waals surface area contributed by atoms with Crippen LogP contribution in [-0.4, -0.2) is 18.3 Å². The molecule has 2 aromatic carbocycles. The maximum atomic E-state index is 12.7. The standard InChI is InChI=1S/C15H10F3NO5/c1-23-13-4-2-3-9(8-20)14(13)24-12-6-5-10(15(16,17)18)7-11(12)19(21)22/h2-8H,1H3. The fourth-order valence-electron chi connectivity index (χ4n) is 1.93. The lowest BCUT2D eigenvalue weighted by atomic mass is 10.1. The van der Waals surface area contributed by atoms with E-state index in [1.807, 2.05) is 0 Å². The number of nitro benzene ring substituents is 1. The molecule has 0 atom stereocenters. The topological polar surface area (TPSA) is 78.7 Å². The highest BCUT2D eigenvalue weighted by Crippen LogP contribution is 2.40. The zero-order valence-electron chi connectivity index (χ0n) is 12.2. The summed E-state index contributed by atoms with van der Waals surface area (Å²) < 4.78 is 48.4. The van der Waals surface area contributed by atoms with Crippen LogP contribution in [0, 0.1) is 10.1 Å². The van der Waals surface area contributed by atoms with Gasteiger partial charge in [-0.2, -0.15) is 13.2 Å². The Morgan fingerprint density at radius 3 is 2.42 bits per heavy atom. The zero-order chi connectivity index (χ0) is 17.9. The van der Waals surface area contributed by atoms with Crippen molar-refractivity contribution >= 4 is 12.0 Å². The summed E-state index contributed by atoms with van der Waals surface area (Å²) in [5, 5.41) is 11.1. The van der Waals surface area contributed by atoms with Gasteiger partial charge in [-0.1, -0.05) is 6.07 Å². The Labute approximate surface area is 133 Å². The van der Waals surface area contributed by atoms with Gasteiger partial charge in [0.05, 0.1) is 23.2 Å². The summed E-state index contributed by atoms with van der Waals surface area (Å²) in [4.78, 5) is 21.1. The Balaban J connectivity index is 2.55. The second kappa shape index (κ2) is 6.57. The predicted octanol–water partition coefficient (Wildman–Crippen LogP) is 4.23. The third kappa shape index (κ3) is 3.45. The lowest BCUT2D eigenvalue weighted by Gasteiger charge is -2.13. The van der Waals surface area contributed by atoms with Crippen LogP contribution < -0.4 is 9.47 Å². The molecule has 0 heterocycles. The molecule has 0 saturated heterocycles. The highest BCUT2D eigenvalue weighted by Gasteiger charge is 2.33. The molecule has 0 N–H and O–H groups in total. The summed E-state index contributed by atoms with van der Waals surface area (Å²) in [6.07, 6.45) is -4.30. The maximum Gasteiger partial charge on any atom is 0.416 e. The van der Waals surface area contributed by atoms with Crippen LogP contribution in [0.15, 0.2) is 36.4 Å². The van der Waals surface area contributed by atoms with Crippen LogP contribution in [0.25, 0.3) is 0 Å². The molecular formula is C15H10F3NO5. The molecule has 0 spiro atoms. The molecule has 24 heavy (non-hydrogen) atoms. The summed E-state index contributed by atoms with van der Waals surface area (Å²) in [7, 11) is 1.29. The molecule has 126 valence electrons. The van der Waals surface area contributed by atoms with Crippen molar-refractivity contribution in [1.29, 1.82) is 0 Å². The molecule has 0 amide bonds. The first-order valence-electron chi connectivity index (χ1n) is 6.43. The van der Waals surface area contributed by atoms with Gasteiger partial charge < -0.3 is 9.47 Å². The van der Waals surface area contributed by atoms with Crippen LogP contribution in [0.4, 0.5) is 18.9 Å². The molecule has 0 unspecified atom stereocenters. The zero-order valence-corrected chi connectivity index (χ0v) is 12.2. The van der Waals surface area contributed by atoms with Gasteiger partial charge in [-0.25, -0.2) is 0 Å². The monoisotopic (exact) mass is 341 g/mol. The Hall–Kier alpha value is -3.10. The maximum absolute atomic E-state index is 12.7. The average Bonchev–Trinajstić information content (AvgIpc) is 2.54. The van der Waals surface area contributed by atoms with Crippen LogP contribution >= 0.6 is 0 Å². The minimum absolute atomic E-state index is 0.0311. The third-order valence-corrected chi connectivity index (χ3v) is 3.05. The molecule has 2 aromatic rings. The lowest BCUT2D eigenvalue weighted by molar-refractivity contribution is -0.385. The number of halogens is 3. The fourth-order valence-corrected chi connectivity index (χ4v) is 1.93. The van der Waals surface area contributed by atoms with Crippen LogP contribution in [0.1, 0.15) is 15.9 Å². The second-order valence-corrected chi connectivity index (χ2v) is 4.54. The smallest absolute Gasteiger partial charge is 0.416 e. The van der Waals surface area contributed by atoms with E-state index in [4.69, 9.17) is 9.47 Å². The van der Waals surface area contributed by atoms with E-state index in [1.165, 1.54) is 25.3 Å². The molecule has 0 radical (unpaired) electrons. The average molecular weight is 341 g/mol. The van der Waals surface area contributed by atoms with Gasteiger partial charge in [0.25, 0.3) is 0 Å². The summed E-state index contributed by atoms with van der Waals surface area (Å²) in [5.41, 5.74) is -2.03. The van der Waals surface area contributed by atoms with E-state index in [2.05, 4.69) is 0 Å². The largest absolute Gasteiger partial charge is 0.493 e. The predicted molar refractivity (Wildman–Crippen MR) is 76.6 cm³/mol. The first-order valence-corrected chi connectivity index (χ1v) is 6.43. The molecule has 0 saturated carbocycles. The Kier molecular flexibility index (Phi) is 4.72. The normalized spacial score (nSPS) is 11.0. The van der Waals surface area contributed by atoms with E-state index < -0.39 is 28.1 Å². The molecule has 0 bridgehead atoms.